The van der Waals surface area contributed by atoms with Gasteiger partial charge in [-0.1, -0.05) is 6.92 Å². The van der Waals surface area contributed by atoms with Crippen LogP contribution in [0.25, 0.3) is 0 Å². The first-order valence-electron chi connectivity index (χ1n) is 8.15. The van der Waals surface area contributed by atoms with Crippen LogP contribution in [0.15, 0.2) is 0 Å². The van der Waals surface area contributed by atoms with E-state index in [0.717, 1.165) is 6.04 Å². The Morgan fingerprint density at radius 3 is 2.37 bits per heavy atom. The predicted molar refractivity (Wildman–Crippen MR) is 81.7 cm³/mol. The normalized spacial score (nSPS) is 24.2. The second-order valence-corrected chi connectivity index (χ2v) is 6.16. The van der Waals surface area contributed by atoms with Crippen LogP contribution in [-0.4, -0.2) is 86.7 Å². The number of piperazine rings is 1. The molecule has 0 aromatic carbocycles. The Morgan fingerprint density at radius 2 is 1.74 bits per heavy atom. The summed E-state index contributed by atoms with van der Waals surface area (Å²) in [4.78, 5) is 7.83. The van der Waals surface area contributed by atoms with E-state index in [4.69, 9.17) is 0 Å². The van der Waals surface area contributed by atoms with Crippen LogP contribution in [0.1, 0.15) is 26.2 Å². The highest BCUT2D eigenvalue weighted by molar-refractivity contribution is 4.79. The SMILES string of the molecule is CCCN(CCN1CCN(C)CC1)C1CCNCC1. The van der Waals surface area contributed by atoms with Gasteiger partial charge in [-0.2, -0.15) is 0 Å². The van der Waals surface area contributed by atoms with E-state index >= 15 is 0 Å². The van der Waals surface area contributed by atoms with E-state index in [2.05, 4.69) is 34.0 Å². The number of likely N-dealkylation sites (N-methyl/N-ethyl adjacent to an activating group) is 1. The largest absolute Gasteiger partial charge is 0.317 e. The molecule has 0 bridgehead atoms. The highest BCUT2D eigenvalue weighted by atomic mass is 15.3. The Bertz CT molecular complexity index is 232. The van der Waals surface area contributed by atoms with Gasteiger partial charge in [0.05, 0.1) is 0 Å². The van der Waals surface area contributed by atoms with E-state index in [1.807, 2.05) is 0 Å². The van der Waals surface area contributed by atoms with Gasteiger partial charge in [0.15, 0.2) is 0 Å². The van der Waals surface area contributed by atoms with Crippen LogP contribution >= 0.6 is 0 Å². The number of nitrogens with one attached hydrogen (secondary N) is 1. The van der Waals surface area contributed by atoms with Crippen molar-refractivity contribution in [3.63, 3.8) is 0 Å². The summed E-state index contributed by atoms with van der Waals surface area (Å²) >= 11 is 0. The van der Waals surface area contributed by atoms with Crippen LogP contribution < -0.4 is 5.32 Å². The first kappa shape index (κ1) is 15.2. The Balaban J connectivity index is 1.73. The Hall–Kier alpha value is -0.160. The average molecular weight is 268 g/mol. The van der Waals surface area contributed by atoms with E-state index in [1.54, 1.807) is 0 Å². The van der Waals surface area contributed by atoms with Crippen molar-refractivity contribution in [3.05, 3.63) is 0 Å². The summed E-state index contributed by atoms with van der Waals surface area (Å²) < 4.78 is 0. The third-order valence-corrected chi connectivity index (χ3v) is 4.64. The monoisotopic (exact) mass is 268 g/mol. The van der Waals surface area contributed by atoms with Crippen molar-refractivity contribution in [1.82, 2.24) is 20.0 Å². The number of nitrogens with zero attached hydrogens (tertiary/aromatic N) is 3. The molecule has 2 rings (SSSR count). The average Bonchev–Trinajstić information content (AvgIpc) is 2.46. The molecule has 4 heteroatoms. The molecular formula is C15H32N4. The third kappa shape index (κ3) is 5.03. The summed E-state index contributed by atoms with van der Waals surface area (Å²) in [5, 5.41) is 3.48. The lowest BCUT2D eigenvalue weighted by molar-refractivity contribution is 0.109. The van der Waals surface area contributed by atoms with Gasteiger partial charge in [0, 0.05) is 45.3 Å². The summed E-state index contributed by atoms with van der Waals surface area (Å²) in [5.41, 5.74) is 0. The van der Waals surface area contributed by atoms with Crippen LogP contribution in [0.4, 0.5) is 0 Å². The lowest BCUT2D eigenvalue weighted by Crippen LogP contribution is -2.49. The molecule has 2 aliphatic rings. The van der Waals surface area contributed by atoms with Gasteiger partial charge in [0.2, 0.25) is 0 Å². The van der Waals surface area contributed by atoms with Crippen LogP contribution in [0.2, 0.25) is 0 Å². The lowest BCUT2D eigenvalue weighted by atomic mass is 10.0. The second-order valence-electron chi connectivity index (χ2n) is 6.16. The van der Waals surface area contributed by atoms with Crippen molar-refractivity contribution in [2.24, 2.45) is 0 Å². The van der Waals surface area contributed by atoms with Gasteiger partial charge in [0.1, 0.15) is 0 Å². The Morgan fingerprint density at radius 1 is 1.05 bits per heavy atom. The minimum atomic E-state index is 0.827. The summed E-state index contributed by atoms with van der Waals surface area (Å²) in [6.07, 6.45) is 3.96. The predicted octanol–water partition coefficient (Wildman–Crippen LogP) is 0.698. The number of hydrogen-bond donors (Lipinski definition) is 1. The molecule has 2 fully saturated rings. The fraction of sp³-hybridized carbons (Fsp3) is 1.00. The molecule has 0 aromatic heterocycles. The van der Waals surface area contributed by atoms with Crippen molar-refractivity contribution in [2.75, 3.05) is 66.0 Å². The fourth-order valence-corrected chi connectivity index (χ4v) is 3.28. The van der Waals surface area contributed by atoms with Gasteiger partial charge in [-0.05, 0) is 45.9 Å². The summed E-state index contributed by atoms with van der Waals surface area (Å²) in [7, 11) is 2.23. The molecule has 19 heavy (non-hydrogen) atoms. The molecule has 0 radical (unpaired) electrons. The second kappa shape index (κ2) is 8.20. The highest BCUT2D eigenvalue weighted by Gasteiger charge is 2.21. The molecule has 2 heterocycles. The molecule has 112 valence electrons. The zero-order valence-electron chi connectivity index (χ0n) is 12.9. The zero-order chi connectivity index (χ0) is 13.5. The van der Waals surface area contributed by atoms with Gasteiger partial charge in [-0.15, -0.1) is 0 Å². The maximum atomic E-state index is 3.48. The molecule has 0 atom stereocenters. The first-order valence-corrected chi connectivity index (χ1v) is 8.15. The van der Waals surface area contributed by atoms with E-state index in [-0.39, 0.29) is 0 Å². The van der Waals surface area contributed by atoms with Gasteiger partial charge in [-0.25, -0.2) is 0 Å². The van der Waals surface area contributed by atoms with Crippen molar-refractivity contribution in [2.45, 2.75) is 32.2 Å². The molecule has 0 unspecified atom stereocenters. The molecule has 0 saturated carbocycles. The summed E-state index contributed by atoms with van der Waals surface area (Å²) in [6, 6.07) is 0.827. The third-order valence-electron chi connectivity index (χ3n) is 4.64. The van der Waals surface area contributed by atoms with Crippen molar-refractivity contribution < 1.29 is 0 Å². The van der Waals surface area contributed by atoms with Crippen LogP contribution in [0, 0.1) is 0 Å². The molecule has 0 amide bonds. The van der Waals surface area contributed by atoms with Gasteiger partial charge < -0.3 is 10.2 Å². The van der Waals surface area contributed by atoms with Gasteiger partial charge in [0.25, 0.3) is 0 Å². The van der Waals surface area contributed by atoms with E-state index in [9.17, 15) is 0 Å². The zero-order valence-corrected chi connectivity index (χ0v) is 12.9. The maximum Gasteiger partial charge on any atom is 0.0120 e. The minimum Gasteiger partial charge on any atom is -0.317 e. The molecular weight excluding hydrogens is 236 g/mol. The van der Waals surface area contributed by atoms with E-state index in [1.165, 1.54) is 78.2 Å². The molecule has 0 aliphatic carbocycles. The molecule has 0 spiro atoms. The quantitative estimate of drug-likeness (QED) is 0.765. The van der Waals surface area contributed by atoms with Crippen LogP contribution in [0.5, 0.6) is 0 Å². The Labute approximate surface area is 119 Å². The first-order chi connectivity index (χ1) is 9.29. The molecule has 1 N–H and O–H groups in total. The Kier molecular flexibility index (Phi) is 6.57. The highest BCUT2D eigenvalue weighted by Crippen LogP contribution is 2.12. The van der Waals surface area contributed by atoms with Gasteiger partial charge in [-0.3, -0.25) is 9.80 Å². The number of piperidine rings is 1. The lowest BCUT2D eigenvalue weighted by Gasteiger charge is -2.37. The van der Waals surface area contributed by atoms with E-state index < -0.39 is 0 Å². The summed E-state index contributed by atoms with van der Waals surface area (Å²) in [5.74, 6) is 0. The number of rotatable bonds is 6. The number of hydrogen-bond acceptors (Lipinski definition) is 4. The summed E-state index contributed by atoms with van der Waals surface area (Å²) in [6.45, 7) is 13.5. The van der Waals surface area contributed by atoms with Crippen molar-refractivity contribution in [1.29, 1.82) is 0 Å². The molecule has 4 nitrogen and oxygen atoms in total. The fourth-order valence-electron chi connectivity index (χ4n) is 3.28. The standard InChI is InChI=1S/C15H32N4/c1-3-8-19(15-4-6-16-7-5-15)14-13-18-11-9-17(2)10-12-18/h15-16H,3-14H2,1-2H3. The smallest absolute Gasteiger partial charge is 0.0120 e. The molecule has 2 saturated heterocycles. The molecule has 0 aromatic rings. The molecule has 2 aliphatic heterocycles. The van der Waals surface area contributed by atoms with Crippen molar-refractivity contribution >= 4 is 0 Å². The minimum absolute atomic E-state index is 0.827. The van der Waals surface area contributed by atoms with Crippen LogP contribution in [-0.2, 0) is 0 Å². The maximum absolute atomic E-state index is 3.48. The van der Waals surface area contributed by atoms with Crippen LogP contribution in [0.3, 0.4) is 0 Å². The van der Waals surface area contributed by atoms with E-state index in [0.29, 0.717) is 0 Å². The van der Waals surface area contributed by atoms with Gasteiger partial charge >= 0.3 is 0 Å². The van der Waals surface area contributed by atoms with Crippen molar-refractivity contribution in [3.8, 4) is 0 Å². The topological polar surface area (TPSA) is 21.8 Å².